The van der Waals surface area contributed by atoms with E-state index in [2.05, 4.69) is 15.6 Å². The van der Waals surface area contributed by atoms with Gasteiger partial charge in [-0.25, -0.2) is 4.98 Å². The van der Waals surface area contributed by atoms with E-state index < -0.39 is 11.9 Å². The Balaban J connectivity index is 1.98. The molecule has 23 heavy (non-hydrogen) atoms. The number of carbonyl (C=O) groups excluding carboxylic acids is 2. The van der Waals surface area contributed by atoms with Gasteiger partial charge in [0, 0.05) is 17.5 Å². The van der Waals surface area contributed by atoms with Gasteiger partial charge in [-0.1, -0.05) is 19.1 Å². The molecule has 2 amide bonds. The van der Waals surface area contributed by atoms with Crippen LogP contribution in [0.25, 0.3) is 0 Å². The molecule has 0 radical (unpaired) electrons. The number of anilines is 2. The lowest BCUT2D eigenvalue weighted by atomic mass is 10.1. The number of thiazole rings is 1. The van der Waals surface area contributed by atoms with Crippen LogP contribution < -0.4 is 10.6 Å². The molecule has 1 aromatic carbocycles. The Morgan fingerprint density at radius 1 is 1.17 bits per heavy atom. The monoisotopic (exact) mass is 333 g/mol. The van der Waals surface area contributed by atoms with E-state index in [1.54, 1.807) is 36.6 Å². The number of rotatable bonds is 6. The average Bonchev–Trinajstić information content (AvgIpc) is 2.97. The van der Waals surface area contributed by atoms with Crippen molar-refractivity contribution in [1.82, 2.24) is 4.98 Å². The van der Waals surface area contributed by atoms with Crippen molar-refractivity contribution in [2.24, 2.45) is 0 Å². The highest BCUT2D eigenvalue weighted by Crippen LogP contribution is 2.17. The second-order valence-electron chi connectivity index (χ2n) is 4.66. The van der Waals surface area contributed by atoms with Gasteiger partial charge in [-0.15, -0.1) is 11.3 Å². The van der Waals surface area contributed by atoms with E-state index in [1.807, 2.05) is 0 Å². The van der Waals surface area contributed by atoms with Crippen molar-refractivity contribution < 1.29 is 19.5 Å². The van der Waals surface area contributed by atoms with Gasteiger partial charge in [0.2, 0.25) is 5.91 Å². The second-order valence-corrected chi connectivity index (χ2v) is 5.52. The van der Waals surface area contributed by atoms with Gasteiger partial charge >= 0.3 is 5.97 Å². The summed E-state index contributed by atoms with van der Waals surface area (Å²) in [6, 6.07) is 6.53. The van der Waals surface area contributed by atoms with Crippen molar-refractivity contribution in [2.75, 3.05) is 10.6 Å². The molecule has 8 heteroatoms. The molecule has 0 saturated carbocycles. The third-order valence-electron chi connectivity index (χ3n) is 2.87. The number of hydrogen-bond acceptors (Lipinski definition) is 5. The van der Waals surface area contributed by atoms with Crippen LogP contribution in [0.4, 0.5) is 10.8 Å². The maximum atomic E-state index is 12.1. The largest absolute Gasteiger partial charge is 0.481 e. The van der Waals surface area contributed by atoms with Gasteiger partial charge in [-0.2, -0.15) is 0 Å². The van der Waals surface area contributed by atoms with Gasteiger partial charge in [-0.05, 0) is 17.7 Å². The lowest BCUT2D eigenvalue weighted by molar-refractivity contribution is -0.136. The lowest BCUT2D eigenvalue weighted by Gasteiger charge is -2.04. The van der Waals surface area contributed by atoms with E-state index in [-0.39, 0.29) is 18.0 Å². The number of carboxylic acid groups (broad SMARTS) is 1. The number of amides is 2. The molecular weight excluding hydrogens is 318 g/mol. The van der Waals surface area contributed by atoms with Crippen LogP contribution in [0.15, 0.2) is 29.6 Å². The molecule has 0 unspecified atom stereocenters. The van der Waals surface area contributed by atoms with E-state index in [1.165, 1.54) is 11.3 Å². The number of carboxylic acids is 1. The fourth-order valence-corrected chi connectivity index (χ4v) is 2.43. The van der Waals surface area contributed by atoms with Gasteiger partial charge < -0.3 is 15.7 Å². The predicted octanol–water partition coefficient (Wildman–Crippen LogP) is 2.37. The number of aromatic nitrogens is 1. The van der Waals surface area contributed by atoms with Crippen molar-refractivity contribution in [1.29, 1.82) is 0 Å². The second kappa shape index (κ2) is 7.50. The summed E-state index contributed by atoms with van der Waals surface area (Å²) in [5.41, 5.74) is 1.39. The smallest absolute Gasteiger partial charge is 0.307 e. The minimum atomic E-state index is -0.911. The third kappa shape index (κ3) is 4.89. The topological polar surface area (TPSA) is 108 Å². The summed E-state index contributed by atoms with van der Waals surface area (Å²) in [6.07, 6.45) is 0.268. The molecule has 7 nitrogen and oxygen atoms in total. The Morgan fingerprint density at radius 3 is 2.48 bits per heavy atom. The molecule has 2 aromatic rings. The van der Waals surface area contributed by atoms with Crippen LogP contribution in [0, 0.1) is 0 Å². The highest BCUT2D eigenvalue weighted by molar-refractivity contribution is 7.14. The molecule has 0 atom stereocenters. The molecule has 0 aliphatic carbocycles. The van der Waals surface area contributed by atoms with Gasteiger partial charge in [0.1, 0.15) is 5.69 Å². The quantitative estimate of drug-likeness (QED) is 0.752. The zero-order valence-electron chi connectivity index (χ0n) is 12.3. The molecule has 0 fully saturated rings. The number of hydrogen-bond donors (Lipinski definition) is 3. The molecule has 3 N–H and O–H groups in total. The highest BCUT2D eigenvalue weighted by atomic mass is 32.1. The molecule has 1 aromatic heterocycles. The molecule has 0 spiro atoms. The van der Waals surface area contributed by atoms with Crippen LogP contribution in [0.2, 0.25) is 0 Å². The first-order chi connectivity index (χ1) is 11.0. The maximum absolute atomic E-state index is 12.1. The normalized spacial score (nSPS) is 10.1. The zero-order chi connectivity index (χ0) is 16.8. The van der Waals surface area contributed by atoms with Crippen molar-refractivity contribution in [2.45, 2.75) is 19.8 Å². The molecule has 0 saturated heterocycles. The summed E-state index contributed by atoms with van der Waals surface area (Å²) in [7, 11) is 0. The van der Waals surface area contributed by atoms with Gasteiger partial charge in [0.05, 0.1) is 6.42 Å². The zero-order valence-corrected chi connectivity index (χ0v) is 13.1. The summed E-state index contributed by atoms with van der Waals surface area (Å²) in [5.74, 6) is -1.48. The molecular formula is C15H15N3O4S. The molecule has 0 aliphatic rings. The Hall–Kier alpha value is -2.74. The maximum Gasteiger partial charge on any atom is 0.307 e. The average molecular weight is 333 g/mol. The van der Waals surface area contributed by atoms with E-state index in [0.29, 0.717) is 22.8 Å². The van der Waals surface area contributed by atoms with E-state index in [9.17, 15) is 14.4 Å². The van der Waals surface area contributed by atoms with Crippen molar-refractivity contribution >= 4 is 39.9 Å². The molecule has 0 aliphatic heterocycles. The number of nitrogens with zero attached hydrogens (tertiary/aromatic N) is 1. The van der Waals surface area contributed by atoms with Crippen LogP contribution in [0.1, 0.15) is 29.4 Å². The van der Waals surface area contributed by atoms with Crippen molar-refractivity contribution in [3.8, 4) is 0 Å². The highest BCUT2D eigenvalue weighted by Gasteiger charge is 2.12. The summed E-state index contributed by atoms with van der Waals surface area (Å²) in [4.78, 5) is 38.0. The number of carbonyl (C=O) groups is 3. The van der Waals surface area contributed by atoms with Crippen LogP contribution in [-0.2, 0) is 16.0 Å². The first-order valence-corrected chi connectivity index (χ1v) is 7.73. The van der Waals surface area contributed by atoms with E-state index in [4.69, 9.17) is 5.11 Å². The summed E-state index contributed by atoms with van der Waals surface area (Å²) in [6.45, 7) is 1.73. The number of nitrogens with one attached hydrogen (secondary N) is 2. The van der Waals surface area contributed by atoms with E-state index >= 15 is 0 Å². The van der Waals surface area contributed by atoms with Gasteiger partial charge in [0.25, 0.3) is 5.91 Å². The fraction of sp³-hybridized carbons (Fsp3) is 0.200. The Morgan fingerprint density at radius 2 is 1.87 bits per heavy atom. The summed E-state index contributed by atoms with van der Waals surface area (Å²) in [5, 5.41) is 15.9. The number of benzene rings is 1. The third-order valence-corrected chi connectivity index (χ3v) is 3.63. The standard InChI is InChI=1S/C15H15N3O4S/c1-2-12(19)18-15-17-11(8-23-15)14(22)16-10-5-3-9(4-6-10)7-13(20)21/h3-6,8H,2,7H2,1H3,(H,16,22)(H,20,21)(H,17,18,19). The Kier molecular flexibility index (Phi) is 5.42. The lowest BCUT2D eigenvalue weighted by Crippen LogP contribution is -2.13. The minimum Gasteiger partial charge on any atom is -0.481 e. The van der Waals surface area contributed by atoms with Crippen LogP contribution in [0.3, 0.4) is 0 Å². The first kappa shape index (κ1) is 16.6. The van der Waals surface area contributed by atoms with Gasteiger partial charge in [-0.3, -0.25) is 14.4 Å². The summed E-state index contributed by atoms with van der Waals surface area (Å²) < 4.78 is 0. The van der Waals surface area contributed by atoms with Gasteiger partial charge in [0.15, 0.2) is 5.13 Å². The van der Waals surface area contributed by atoms with Crippen LogP contribution in [0.5, 0.6) is 0 Å². The molecule has 2 rings (SSSR count). The van der Waals surface area contributed by atoms with Crippen LogP contribution in [-0.4, -0.2) is 27.9 Å². The first-order valence-electron chi connectivity index (χ1n) is 6.85. The fourth-order valence-electron chi connectivity index (χ4n) is 1.72. The van der Waals surface area contributed by atoms with Crippen molar-refractivity contribution in [3.63, 3.8) is 0 Å². The Labute approximate surface area is 136 Å². The minimum absolute atomic E-state index is 0.0687. The summed E-state index contributed by atoms with van der Waals surface area (Å²) >= 11 is 1.17. The van der Waals surface area contributed by atoms with Crippen molar-refractivity contribution in [3.05, 3.63) is 40.9 Å². The molecule has 120 valence electrons. The molecule has 1 heterocycles. The SMILES string of the molecule is CCC(=O)Nc1nc(C(=O)Nc2ccc(CC(=O)O)cc2)cs1. The Bertz CT molecular complexity index is 725. The predicted molar refractivity (Wildman–Crippen MR) is 86.8 cm³/mol. The van der Waals surface area contributed by atoms with E-state index in [0.717, 1.165) is 0 Å². The molecule has 0 bridgehead atoms. The van der Waals surface area contributed by atoms with Crippen LogP contribution >= 0.6 is 11.3 Å². The number of aliphatic carboxylic acids is 1.